The molecule has 0 fully saturated rings. The van der Waals surface area contributed by atoms with Crippen molar-refractivity contribution >= 4 is 23.1 Å². The Morgan fingerprint density at radius 3 is 2.53 bits per heavy atom. The summed E-state index contributed by atoms with van der Waals surface area (Å²) in [6.07, 6.45) is 0. The summed E-state index contributed by atoms with van der Waals surface area (Å²) in [5, 5.41) is 3.36. The van der Waals surface area contributed by atoms with Gasteiger partial charge in [0.2, 0.25) is 5.95 Å². The van der Waals surface area contributed by atoms with Crippen LogP contribution in [0.4, 0.5) is 15.9 Å². The van der Waals surface area contributed by atoms with Gasteiger partial charge in [0, 0.05) is 6.07 Å². The highest BCUT2D eigenvalue weighted by molar-refractivity contribution is 6.32. The molecule has 0 aliphatic heterocycles. The molecule has 0 spiro atoms. The summed E-state index contributed by atoms with van der Waals surface area (Å²) in [6.45, 7) is 0. The molecule has 100 valence electrons. The van der Waals surface area contributed by atoms with Crippen molar-refractivity contribution in [3.8, 4) is 11.5 Å². The number of rotatable bonds is 4. The Morgan fingerprint density at radius 2 is 1.89 bits per heavy atom. The zero-order chi connectivity index (χ0) is 13.8. The van der Waals surface area contributed by atoms with Crippen LogP contribution in [0, 0.1) is 5.95 Å². The van der Waals surface area contributed by atoms with E-state index in [2.05, 4.69) is 10.3 Å². The van der Waals surface area contributed by atoms with E-state index in [1.165, 1.54) is 20.3 Å². The van der Waals surface area contributed by atoms with E-state index in [-0.39, 0.29) is 0 Å². The Kier molecular flexibility index (Phi) is 4.06. The molecule has 1 N–H and O–H groups in total. The summed E-state index contributed by atoms with van der Waals surface area (Å²) in [7, 11) is 3.04. The zero-order valence-corrected chi connectivity index (χ0v) is 11.2. The fourth-order valence-electron chi connectivity index (χ4n) is 1.57. The minimum absolute atomic E-state index is 0.361. The van der Waals surface area contributed by atoms with Gasteiger partial charge in [-0.15, -0.1) is 0 Å². The SMILES string of the molecule is COc1cc(OC)c(Nc2cccc(F)n2)cc1Cl. The van der Waals surface area contributed by atoms with Crippen molar-refractivity contribution in [3.05, 3.63) is 41.3 Å². The van der Waals surface area contributed by atoms with E-state index < -0.39 is 5.95 Å². The molecule has 0 bridgehead atoms. The minimum Gasteiger partial charge on any atom is -0.495 e. The van der Waals surface area contributed by atoms with Crippen LogP contribution in [0.25, 0.3) is 0 Å². The van der Waals surface area contributed by atoms with Gasteiger partial charge in [-0.1, -0.05) is 17.7 Å². The summed E-state index contributed by atoms with van der Waals surface area (Å²) in [6, 6.07) is 7.74. The molecule has 0 atom stereocenters. The number of anilines is 2. The molecule has 0 saturated carbocycles. The van der Waals surface area contributed by atoms with Crippen LogP contribution in [0.5, 0.6) is 11.5 Å². The van der Waals surface area contributed by atoms with Crippen LogP contribution in [0.15, 0.2) is 30.3 Å². The molecule has 0 saturated heterocycles. The second kappa shape index (κ2) is 5.75. The molecule has 0 unspecified atom stereocenters. The number of nitrogens with zero attached hydrogens (tertiary/aromatic N) is 1. The van der Waals surface area contributed by atoms with Gasteiger partial charge in [0.15, 0.2) is 0 Å². The quantitative estimate of drug-likeness (QED) is 0.870. The molecule has 6 heteroatoms. The molecule has 0 aliphatic rings. The van der Waals surface area contributed by atoms with E-state index in [4.69, 9.17) is 21.1 Å². The summed E-state index contributed by atoms with van der Waals surface area (Å²) < 4.78 is 23.3. The average molecular weight is 283 g/mol. The lowest BCUT2D eigenvalue weighted by molar-refractivity contribution is 0.396. The number of hydrogen-bond acceptors (Lipinski definition) is 4. The maximum Gasteiger partial charge on any atom is 0.214 e. The lowest BCUT2D eigenvalue weighted by atomic mass is 10.2. The minimum atomic E-state index is -0.566. The molecule has 2 aromatic rings. The van der Waals surface area contributed by atoms with E-state index in [0.29, 0.717) is 28.0 Å². The molecule has 4 nitrogen and oxygen atoms in total. The van der Waals surface area contributed by atoms with Crippen LogP contribution >= 0.6 is 11.6 Å². The van der Waals surface area contributed by atoms with Gasteiger partial charge >= 0.3 is 0 Å². The second-order valence-electron chi connectivity index (χ2n) is 3.66. The lowest BCUT2D eigenvalue weighted by Gasteiger charge is -2.13. The predicted molar refractivity (Wildman–Crippen MR) is 72.0 cm³/mol. The van der Waals surface area contributed by atoms with Crippen molar-refractivity contribution in [2.75, 3.05) is 19.5 Å². The van der Waals surface area contributed by atoms with E-state index in [1.54, 1.807) is 24.3 Å². The molecule has 1 aromatic heterocycles. The molecule has 19 heavy (non-hydrogen) atoms. The molecule has 1 aromatic carbocycles. The molecular formula is C13H12ClFN2O2. The Balaban J connectivity index is 2.36. The van der Waals surface area contributed by atoms with Crippen LogP contribution in [0.2, 0.25) is 5.02 Å². The van der Waals surface area contributed by atoms with Crippen molar-refractivity contribution in [2.45, 2.75) is 0 Å². The number of ether oxygens (including phenoxy) is 2. The number of nitrogens with one attached hydrogen (secondary N) is 1. The normalized spacial score (nSPS) is 10.1. The number of benzene rings is 1. The van der Waals surface area contributed by atoms with Gasteiger partial charge in [-0.3, -0.25) is 0 Å². The molecule has 1 heterocycles. The van der Waals surface area contributed by atoms with Crippen LogP contribution in [-0.2, 0) is 0 Å². The fraction of sp³-hybridized carbons (Fsp3) is 0.154. The van der Waals surface area contributed by atoms with Crippen LogP contribution in [0.1, 0.15) is 0 Å². The van der Waals surface area contributed by atoms with Crippen LogP contribution in [0.3, 0.4) is 0 Å². The van der Waals surface area contributed by atoms with E-state index in [9.17, 15) is 4.39 Å². The summed E-state index contributed by atoms with van der Waals surface area (Å²) in [5.74, 6) is 0.812. The third-order valence-corrected chi connectivity index (χ3v) is 2.75. The van der Waals surface area contributed by atoms with Crippen molar-refractivity contribution in [3.63, 3.8) is 0 Å². The van der Waals surface area contributed by atoms with Crippen molar-refractivity contribution in [1.82, 2.24) is 4.98 Å². The van der Waals surface area contributed by atoms with E-state index in [1.807, 2.05) is 0 Å². The summed E-state index contributed by atoms with van der Waals surface area (Å²) in [5.41, 5.74) is 0.575. The second-order valence-corrected chi connectivity index (χ2v) is 4.06. The van der Waals surface area contributed by atoms with Gasteiger partial charge in [0.25, 0.3) is 0 Å². The van der Waals surface area contributed by atoms with Crippen LogP contribution < -0.4 is 14.8 Å². The molecule has 0 amide bonds. The Labute approximate surface area is 115 Å². The van der Waals surface area contributed by atoms with Gasteiger partial charge in [-0.05, 0) is 18.2 Å². The predicted octanol–water partition coefficient (Wildman–Crippen LogP) is 3.63. The zero-order valence-electron chi connectivity index (χ0n) is 10.4. The molecule has 2 rings (SSSR count). The standard InChI is InChI=1S/C13H12ClFN2O2/c1-18-10-7-11(19-2)9(6-8(10)14)16-13-5-3-4-12(15)17-13/h3-7H,1-2H3,(H,16,17). The Morgan fingerprint density at radius 1 is 1.16 bits per heavy atom. The summed E-state index contributed by atoms with van der Waals surface area (Å²) in [4.78, 5) is 3.71. The topological polar surface area (TPSA) is 43.4 Å². The van der Waals surface area contributed by atoms with Gasteiger partial charge in [-0.25, -0.2) is 4.98 Å². The first kappa shape index (κ1) is 13.4. The van der Waals surface area contributed by atoms with Gasteiger partial charge in [-0.2, -0.15) is 4.39 Å². The fourth-order valence-corrected chi connectivity index (χ4v) is 1.81. The number of methoxy groups -OCH3 is 2. The Hall–Kier alpha value is -2.01. The number of hydrogen-bond donors (Lipinski definition) is 1. The van der Waals surface area contributed by atoms with E-state index >= 15 is 0 Å². The largest absolute Gasteiger partial charge is 0.495 e. The van der Waals surface area contributed by atoms with E-state index in [0.717, 1.165) is 0 Å². The highest BCUT2D eigenvalue weighted by Gasteiger charge is 2.10. The monoisotopic (exact) mass is 282 g/mol. The Bertz CT molecular complexity index is 593. The number of halogens is 2. The van der Waals surface area contributed by atoms with Gasteiger partial charge in [0.1, 0.15) is 17.3 Å². The number of pyridine rings is 1. The van der Waals surface area contributed by atoms with Crippen molar-refractivity contribution in [1.29, 1.82) is 0 Å². The first-order chi connectivity index (χ1) is 9.13. The lowest BCUT2D eigenvalue weighted by Crippen LogP contribution is -1.98. The average Bonchev–Trinajstić information content (AvgIpc) is 2.39. The van der Waals surface area contributed by atoms with Crippen LogP contribution in [-0.4, -0.2) is 19.2 Å². The summed E-state index contributed by atoms with van der Waals surface area (Å²) >= 11 is 6.04. The third-order valence-electron chi connectivity index (χ3n) is 2.45. The molecular weight excluding hydrogens is 271 g/mol. The molecule has 0 radical (unpaired) electrons. The van der Waals surface area contributed by atoms with Gasteiger partial charge < -0.3 is 14.8 Å². The van der Waals surface area contributed by atoms with Crippen molar-refractivity contribution in [2.24, 2.45) is 0 Å². The smallest absolute Gasteiger partial charge is 0.214 e. The third kappa shape index (κ3) is 3.06. The number of aromatic nitrogens is 1. The first-order valence-corrected chi connectivity index (χ1v) is 5.83. The molecule has 0 aliphatic carbocycles. The first-order valence-electron chi connectivity index (χ1n) is 5.45. The van der Waals surface area contributed by atoms with Gasteiger partial charge in [0.05, 0.1) is 24.9 Å². The highest BCUT2D eigenvalue weighted by Crippen LogP contribution is 2.36. The maximum absolute atomic E-state index is 13.0. The highest BCUT2D eigenvalue weighted by atomic mass is 35.5. The maximum atomic E-state index is 13.0. The van der Waals surface area contributed by atoms with Crippen molar-refractivity contribution < 1.29 is 13.9 Å².